The third-order valence-corrected chi connectivity index (χ3v) is 4.76. The Morgan fingerprint density at radius 3 is 2.42 bits per heavy atom. The molecular weight excluding hydrogens is 300 g/mol. The highest BCUT2D eigenvalue weighted by molar-refractivity contribution is 5.14. The zero-order valence-electron chi connectivity index (χ0n) is 14.9. The molecule has 132 valence electrons. The van der Waals surface area contributed by atoms with Crippen molar-refractivity contribution in [2.75, 3.05) is 39.3 Å². The number of rotatable bonds is 8. The molecule has 1 N–H and O–H groups in total. The van der Waals surface area contributed by atoms with E-state index >= 15 is 0 Å². The molecule has 0 radical (unpaired) electrons. The molecule has 0 amide bonds. The lowest BCUT2D eigenvalue weighted by atomic mass is 10.1. The quantitative estimate of drug-likeness (QED) is 0.740. The van der Waals surface area contributed by atoms with E-state index in [0.29, 0.717) is 13.2 Å². The van der Waals surface area contributed by atoms with Gasteiger partial charge in [-0.15, -0.1) is 6.42 Å². The van der Waals surface area contributed by atoms with Crippen molar-refractivity contribution in [3.8, 4) is 12.3 Å². The summed E-state index contributed by atoms with van der Waals surface area (Å²) in [5.41, 5.74) is 0.780. The van der Waals surface area contributed by atoms with Crippen LogP contribution in [0.5, 0.6) is 0 Å². The molecule has 0 spiro atoms. The van der Waals surface area contributed by atoms with Crippen LogP contribution in [-0.2, 0) is 11.3 Å². The number of aliphatic hydroxyl groups is 1. The highest BCUT2D eigenvalue weighted by atomic mass is 16.5. The van der Waals surface area contributed by atoms with E-state index in [2.05, 4.69) is 46.1 Å². The van der Waals surface area contributed by atoms with Crippen LogP contribution in [-0.4, -0.2) is 65.9 Å². The van der Waals surface area contributed by atoms with Crippen LogP contribution in [0.4, 0.5) is 0 Å². The summed E-state index contributed by atoms with van der Waals surface area (Å²) in [7, 11) is 0. The van der Waals surface area contributed by atoms with Crippen LogP contribution in [0, 0.1) is 12.3 Å². The van der Waals surface area contributed by atoms with Crippen LogP contribution < -0.4 is 0 Å². The van der Waals surface area contributed by atoms with Crippen molar-refractivity contribution >= 4 is 0 Å². The van der Waals surface area contributed by atoms with E-state index in [4.69, 9.17) is 11.2 Å². The third-order valence-electron chi connectivity index (χ3n) is 4.76. The van der Waals surface area contributed by atoms with Gasteiger partial charge in [0.25, 0.3) is 0 Å². The summed E-state index contributed by atoms with van der Waals surface area (Å²) in [5.74, 6) is 2.66. The van der Waals surface area contributed by atoms with Crippen molar-refractivity contribution in [2.45, 2.75) is 38.5 Å². The summed E-state index contributed by atoms with van der Waals surface area (Å²) < 4.78 is 5.71. The molecule has 0 aliphatic carbocycles. The van der Waals surface area contributed by atoms with Gasteiger partial charge in [0.15, 0.2) is 0 Å². The monoisotopic (exact) mass is 330 g/mol. The van der Waals surface area contributed by atoms with Gasteiger partial charge in [0.2, 0.25) is 0 Å². The number of terminal acetylenes is 1. The minimum atomic E-state index is -0.574. The fourth-order valence-electron chi connectivity index (χ4n) is 2.85. The summed E-state index contributed by atoms with van der Waals surface area (Å²) in [5, 5.41) is 10.2. The van der Waals surface area contributed by atoms with Crippen LogP contribution >= 0.6 is 0 Å². The largest absolute Gasteiger partial charge is 0.389 e. The molecule has 4 nitrogen and oxygen atoms in total. The first-order valence-corrected chi connectivity index (χ1v) is 8.83. The van der Waals surface area contributed by atoms with Gasteiger partial charge in [-0.1, -0.05) is 43.2 Å². The molecule has 1 aromatic rings. The molecule has 4 heteroatoms. The molecule has 1 aromatic carbocycles. The van der Waals surface area contributed by atoms with Gasteiger partial charge in [-0.3, -0.25) is 9.80 Å². The van der Waals surface area contributed by atoms with E-state index in [0.717, 1.165) is 39.1 Å². The lowest BCUT2D eigenvalue weighted by Crippen LogP contribution is -2.49. The fraction of sp³-hybridized carbons (Fsp3) is 0.600. The second kappa shape index (κ2) is 9.19. The standard InChI is InChI=1S/C20H30N2O2/c1-4-20(3,5-2)24-17-19(23)16-22-13-11-21(12-14-22)15-18-9-7-6-8-10-18/h1,6-10,19,23H,5,11-17H2,2-3H3/t19-,20+/m0/s1. The molecule has 2 rings (SSSR count). The van der Waals surface area contributed by atoms with Gasteiger partial charge in [0.05, 0.1) is 12.7 Å². The van der Waals surface area contributed by atoms with E-state index < -0.39 is 11.7 Å². The number of nitrogens with zero attached hydrogens (tertiary/aromatic N) is 2. The average molecular weight is 330 g/mol. The Labute approximate surface area is 146 Å². The molecule has 0 bridgehead atoms. The van der Waals surface area contributed by atoms with Gasteiger partial charge < -0.3 is 9.84 Å². The summed E-state index contributed by atoms with van der Waals surface area (Å²) in [6, 6.07) is 10.6. The van der Waals surface area contributed by atoms with Gasteiger partial charge in [-0.25, -0.2) is 0 Å². The first kappa shape index (κ1) is 19.0. The summed E-state index contributed by atoms with van der Waals surface area (Å²) in [6.45, 7) is 9.83. The van der Waals surface area contributed by atoms with Crippen molar-refractivity contribution in [3.63, 3.8) is 0 Å². The lowest BCUT2D eigenvalue weighted by Gasteiger charge is -2.36. The average Bonchev–Trinajstić information content (AvgIpc) is 2.62. The van der Waals surface area contributed by atoms with Crippen molar-refractivity contribution in [1.29, 1.82) is 0 Å². The Morgan fingerprint density at radius 1 is 1.21 bits per heavy atom. The predicted molar refractivity (Wildman–Crippen MR) is 97.6 cm³/mol. The molecule has 1 fully saturated rings. The second-order valence-corrected chi connectivity index (χ2v) is 6.76. The normalized spacial score (nSPS) is 20.2. The van der Waals surface area contributed by atoms with E-state index in [9.17, 15) is 5.11 Å². The molecule has 1 heterocycles. The number of ether oxygens (including phenoxy) is 1. The number of aliphatic hydroxyl groups excluding tert-OH is 1. The van der Waals surface area contributed by atoms with Gasteiger partial charge >= 0.3 is 0 Å². The Hall–Kier alpha value is -1.38. The highest BCUT2D eigenvalue weighted by Gasteiger charge is 2.23. The molecule has 1 saturated heterocycles. The molecule has 1 aliphatic heterocycles. The highest BCUT2D eigenvalue weighted by Crippen LogP contribution is 2.14. The topological polar surface area (TPSA) is 35.9 Å². The number of hydrogen-bond acceptors (Lipinski definition) is 4. The van der Waals surface area contributed by atoms with E-state index in [1.807, 2.05) is 13.8 Å². The number of hydrogen-bond donors (Lipinski definition) is 1. The lowest BCUT2D eigenvalue weighted by molar-refractivity contribution is -0.0501. The Kier molecular flexibility index (Phi) is 7.26. The van der Waals surface area contributed by atoms with Crippen molar-refractivity contribution in [1.82, 2.24) is 9.80 Å². The predicted octanol–water partition coefficient (Wildman–Crippen LogP) is 1.98. The van der Waals surface area contributed by atoms with Crippen LogP contribution in [0.25, 0.3) is 0 Å². The summed E-state index contributed by atoms with van der Waals surface area (Å²) in [4.78, 5) is 4.76. The SMILES string of the molecule is C#C[C@](C)(CC)OC[C@@H](O)CN1CCN(Cc2ccccc2)CC1. The molecule has 1 aliphatic rings. The van der Waals surface area contributed by atoms with Crippen molar-refractivity contribution in [2.24, 2.45) is 0 Å². The number of β-amino-alcohol motifs (C(OH)–C–C–N with tert-alkyl or cyclic N) is 1. The number of piperazine rings is 1. The van der Waals surface area contributed by atoms with Gasteiger partial charge in [-0.2, -0.15) is 0 Å². The molecule has 24 heavy (non-hydrogen) atoms. The first-order chi connectivity index (χ1) is 11.5. The van der Waals surface area contributed by atoms with Gasteiger partial charge in [-0.05, 0) is 18.9 Å². The Morgan fingerprint density at radius 2 is 1.83 bits per heavy atom. The zero-order chi connectivity index (χ0) is 17.4. The smallest absolute Gasteiger partial charge is 0.125 e. The molecule has 2 atom stereocenters. The van der Waals surface area contributed by atoms with Crippen LogP contribution in [0.3, 0.4) is 0 Å². The molecular formula is C20H30N2O2. The Balaban J connectivity index is 1.68. The summed E-state index contributed by atoms with van der Waals surface area (Å²) >= 11 is 0. The minimum Gasteiger partial charge on any atom is -0.389 e. The van der Waals surface area contributed by atoms with Crippen molar-refractivity contribution < 1.29 is 9.84 Å². The minimum absolute atomic E-state index is 0.290. The van der Waals surface area contributed by atoms with E-state index in [1.54, 1.807) is 0 Å². The second-order valence-electron chi connectivity index (χ2n) is 6.76. The van der Waals surface area contributed by atoms with Crippen LogP contribution in [0.15, 0.2) is 30.3 Å². The van der Waals surface area contributed by atoms with Crippen LogP contribution in [0.2, 0.25) is 0 Å². The zero-order valence-corrected chi connectivity index (χ0v) is 14.9. The van der Waals surface area contributed by atoms with Gasteiger partial charge in [0, 0.05) is 39.3 Å². The Bertz CT molecular complexity index is 520. The van der Waals surface area contributed by atoms with E-state index in [1.165, 1.54) is 5.56 Å². The molecule has 0 unspecified atom stereocenters. The molecule has 0 aromatic heterocycles. The third kappa shape index (κ3) is 5.92. The molecule has 0 saturated carbocycles. The first-order valence-electron chi connectivity index (χ1n) is 8.83. The fourth-order valence-corrected chi connectivity index (χ4v) is 2.85. The summed E-state index contributed by atoms with van der Waals surface area (Å²) in [6.07, 6.45) is 5.74. The van der Waals surface area contributed by atoms with E-state index in [-0.39, 0.29) is 0 Å². The van der Waals surface area contributed by atoms with Gasteiger partial charge in [0.1, 0.15) is 5.60 Å². The van der Waals surface area contributed by atoms with Crippen molar-refractivity contribution in [3.05, 3.63) is 35.9 Å². The van der Waals surface area contributed by atoms with Crippen LogP contribution in [0.1, 0.15) is 25.8 Å². The maximum atomic E-state index is 10.2. The maximum absolute atomic E-state index is 10.2. The maximum Gasteiger partial charge on any atom is 0.125 e. The number of benzene rings is 1.